The van der Waals surface area contributed by atoms with Gasteiger partial charge in [-0.25, -0.2) is 4.79 Å². The molecule has 6 heteroatoms. The number of allylic oxidation sites excluding steroid dienone is 1. The van der Waals surface area contributed by atoms with Gasteiger partial charge >= 0.3 is 11.9 Å². The number of carbonyl (C=O) groups excluding carboxylic acids is 2. The van der Waals surface area contributed by atoms with E-state index in [2.05, 4.69) is 0 Å². The largest absolute Gasteiger partial charge is 0.481 e. The first-order valence-corrected chi connectivity index (χ1v) is 6.96. The van der Waals surface area contributed by atoms with Crippen LogP contribution in [0.15, 0.2) is 41.6 Å². The van der Waals surface area contributed by atoms with E-state index in [9.17, 15) is 14.4 Å². The Bertz CT molecular complexity index is 635. The Morgan fingerprint density at radius 2 is 1.91 bits per heavy atom. The van der Waals surface area contributed by atoms with Gasteiger partial charge in [0.25, 0.3) is 0 Å². The van der Waals surface area contributed by atoms with Gasteiger partial charge in [0.15, 0.2) is 0 Å². The molecule has 0 bridgehead atoms. The van der Waals surface area contributed by atoms with Crippen molar-refractivity contribution in [3.05, 3.63) is 41.6 Å². The third-order valence-electron chi connectivity index (χ3n) is 3.48. The third kappa shape index (κ3) is 2.86. The van der Waals surface area contributed by atoms with Crippen molar-refractivity contribution in [2.45, 2.75) is 20.3 Å². The van der Waals surface area contributed by atoms with E-state index in [0.29, 0.717) is 11.4 Å². The van der Waals surface area contributed by atoms with E-state index in [1.54, 1.807) is 38.1 Å². The van der Waals surface area contributed by atoms with Crippen LogP contribution in [0.2, 0.25) is 0 Å². The number of benzene rings is 1. The first-order valence-electron chi connectivity index (χ1n) is 6.96. The summed E-state index contributed by atoms with van der Waals surface area (Å²) in [5.41, 5.74) is 1.14. The van der Waals surface area contributed by atoms with Gasteiger partial charge in [-0.2, -0.15) is 0 Å². The van der Waals surface area contributed by atoms with Crippen LogP contribution in [0.3, 0.4) is 0 Å². The van der Waals surface area contributed by atoms with Crippen LogP contribution in [0, 0.1) is 5.92 Å². The molecule has 0 radical (unpaired) electrons. The number of aliphatic carboxylic acids is 1. The van der Waals surface area contributed by atoms with Gasteiger partial charge < -0.3 is 9.84 Å². The number of rotatable bonds is 5. The van der Waals surface area contributed by atoms with Crippen molar-refractivity contribution in [2.75, 3.05) is 11.5 Å². The van der Waals surface area contributed by atoms with E-state index in [4.69, 9.17) is 9.84 Å². The van der Waals surface area contributed by atoms with Crippen molar-refractivity contribution < 1.29 is 24.2 Å². The van der Waals surface area contributed by atoms with Crippen molar-refractivity contribution in [1.29, 1.82) is 0 Å². The molecule has 1 aliphatic rings. The molecule has 1 aromatic rings. The molecule has 0 saturated heterocycles. The first kappa shape index (κ1) is 15.8. The molecule has 1 aromatic carbocycles. The summed E-state index contributed by atoms with van der Waals surface area (Å²) in [5.74, 6) is -3.22. The standard InChI is InChI=1S/C16H17NO5/c1-3-22-16(21)14-10(2)17(11-7-5-4-6-8-11)15(20)12(14)9-13(18)19/h4-8,12H,3,9H2,1-2H3,(H,18,19)/t12-/m0/s1. The second-order valence-corrected chi connectivity index (χ2v) is 4.88. The number of para-hydroxylation sites is 1. The van der Waals surface area contributed by atoms with Crippen molar-refractivity contribution >= 4 is 23.5 Å². The van der Waals surface area contributed by atoms with E-state index in [0.717, 1.165) is 0 Å². The Morgan fingerprint density at radius 1 is 1.27 bits per heavy atom. The number of hydrogen-bond donors (Lipinski definition) is 1. The lowest BCUT2D eigenvalue weighted by Crippen LogP contribution is -2.29. The number of esters is 1. The Kier molecular flexibility index (Phi) is 4.60. The zero-order valence-electron chi connectivity index (χ0n) is 12.4. The van der Waals surface area contributed by atoms with Crippen LogP contribution < -0.4 is 4.90 Å². The van der Waals surface area contributed by atoms with Crippen LogP contribution in [0.4, 0.5) is 5.69 Å². The topological polar surface area (TPSA) is 83.9 Å². The SMILES string of the molecule is CCOC(=O)C1=C(C)N(c2ccccc2)C(=O)[C@H]1CC(=O)O. The molecule has 1 amide bonds. The fraction of sp³-hybridized carbons (Fsp3) is 0.312. The summed E-state index contributed by atoms with van der Waals surface area (Å²) in [4.78, 5) is 37.1. The van der Waals surface area contributed by atoms with E-state index in [-0.39, 0.29) is 12.2 Å². The Labute approximate surface area is 128 Å². The molecule has 0 fully saturated rings. The lowest BCUT2D eigenvalue weighted by Gasteiger charge is -2.18. The fourth-order valence-electron chi connectivity index (χ4n) is 2.58. The van der Waals surface area contributed by atoms with Gasteiger partial charge in [0, 0.05) is 11.4 Å². The maximum Gasteiger partial charge on any atom is 0.336 e. The number of anilines is 1. The predicted octanol–water partition coefficient (Wildman–Crippen LogP) is 1.96. The molecular formula is C16H17NO5. The number of amides is 1. The van der Waals surface area contributed by atoms with Crippen LogP contribution in [0.25, 0.3) is 0 Å². The number of carboxylic acid groups (broad SMARTS) is 1. The summed E-state index contributed by atoms with van der Waals surface area (Å²) in [6, 6.07) is 8.81. The minimum Gasteiger partial charge on any atom is -0.481 e. The van der Waals surface area contributed by atoms with Gasteiger partial charge in [-0.3, -0.25) is 14.5 Å². The van der Waals surface area contributed by atoms with Crippen molar-refractivity contribution in [1.82, 2.24) is 0 Å². The van der Waals surface area contributed by atoms with Crippen molar-refractivity contribution in [3.63, 3.8) is 0 Å². The van der Waals surface area contributed by atoms with Gasteiger partial charge in [0.05, 0.1) is 24.5 Å². The predicted molar refractivity (Wildman–Crippen MR) is 79.0 cm³/mol. The van der Waals surface area contributed by atoms with E-state index in [1.807, 2.05) is 6.07 Å². The molecular weight excluding hydrogens is 286 g/mol. The second-order valence-electron chi connectivity index (χ2n) is 4.88. The van der Waals surface area contributed by atoms with Crippen molar-refractivity contribution in [2.24, 2.45) is 5.92 Å². The molecule has 0 spiro atoms. The van der Waals surface area contributed by atoms with Crippen LogP contribution in [-0.4, -0.2) is 29.6 Å². The van der Waals surface area contributed by atoms with Crippen LogP contribution in [-0.2, 0) is 19.1 Å². The maximum absolute atomic E-state index is 12.6. The summed E-state index contributed by atoms with van der Waals surface area (Å²) in [7, 11) is 0. The average Bonchev–Trinajstić information content (AvgIpc) is 2.71. The average molecular weight is 303 g/mol. The molecule has 6 nitrogen and oxygen atoms in total. The maximum atomic E-state index is 12.6. The molecule has 22 heavy (non-hydrogen) atoms. The molecule has 2 rings (SSSR count). The minimum atomic E-state index is -1.14. The lowest BCUT2D eigenvalue weighted by molar-refractivity contribution is -0.142. The molecule has 1 atom stereocenters. The second kappa shape index (κ2) is 6.43. The highest BCUT2D eigenvalue weighted by molar-refractivity contribution is 6.11. The Hall–Kier alpha value is -2.63. The van der Waals surface area contributed by atoms with Gasteiger partial charge in [0.2, 0.25) is 5.91 Å². The fourth-order valence-corrected chi connectivity index (χ4v) is 2.58. The summed E-state index contributed by atoms with van der Waals surface area (Å²) in [6.07, 6.45) is -0.437. The zero-order chi connectivity index (χ0) is 16.3. The smallest absolute Gasteiger partial charge is 0.336 e. The molecule has 0 aromatic heterocycles. The van der Waals surface area contributed by atoms with Gasteiger partial charge in [-0.05, 0) is 26.0 Å². The molecule has 0 unspecified atom stereocenters. The molecule has 1 heterocycles. The molecule has 1 aliphatic heterocycles. The summed E-state index contributed by atoms with van der Waals surface area (Å²) < 4.78 is 4.97. The van der Waals surface area contributed by atoms with E-state index in [1.165, 1.54) is 4.90 Å². The minimum absolute atomic E-state index is 0.123. The van der Waals surface area contributed by atoms with E-state index < -0.39 is 30.2 Å². The number of carboxylic acids is 1. The lowest BCUT2D eigenvalue weighted by atomic mass is 9.97. The van der Waals surface area contributed by atoms with Crippen LogP contribution in [0.5, 0.6) is 0 Å². The van der Waals surface area contributed by atoms with Gasteiger partial charge in [0.1, 0.15) is 0 Å². The van der Waals surface area contributed by atoms with Crippen LogP contribution >= 0.6 is 0 Å². The first-order chi connectivity index (χ1) is 10.5. The number of hydrogen-bond acceptors (Lipinski definition) is 4. The Balaban J connectivity index is 2.47. The highest BCUT2D eigenvalue weighted by atomic mass is 16.5. The highest BCUT2D eigenvalue weighted by Gasteiger charge is 2.43. The molecule has 0 saturated carbocycles. The summed E-state index contributed by atoms with van der Waals surface area (Å²) in [6.45, 7) is 3.44. The Morgan fingerprint density at radius 3 is 2.45 bits per heavy atom. The molecule has 0 aliphatic carbocycles. The number of ether oxygens (including phenoxy) is 1. The molecule has 116 valence electrons. The quantitative estimate of drug-likeness (QED) is 0.841. The van der Waals surface area contributed by atoms with Gasteiger partial charge in [-0.15, -0.1) is 0 Å². The number of nitrogens with zero attached hydrogens (tertiary/aromatic N) is 1. The zero-order valence-corrected chi connectivity index (χ0v) is 12.4. The van der Waals surface area contributed by atoms with Gasteiger partial charge in [-0.1, -0.05) is 18.2 Å². The monoisotopic (exact) mass is 303 g/mol. The summed E-state index contributed by atoms with van der Waals surface area (Å²) >= 11 is 0. The summed E-state index contributed by atoms with van der Waals surface area (Å²) in [5, 5.41) is 9.02. The normalized spacial score (nSPS) is 17.8. The van der Waals surface area contributed by atoms with Crippen LogP contribution in [0.1, 0.15) is 20.3 Å². The van der Waals surface area contributed by atoms with E-state index >= 15 is 0 Å². The third-order valence-corrected chi connectivity index (χ3v) is 3.48. The highest BCUT2D eigenvalue weighted by Crippen LogP contribution is 2.36. The molecule has 1 N–H and O–H groups in total. The number of carbonyl (C=O) groups is 3. The van der Waals surface area contributed by atoms with Crippen molar-refractivity contribution in [3.8, 4) is 0 Å².